The first-order valence-electron chi connectivity index (χ1n) is 7.20. The highest BCUT2D eigenvalue weighted by atomic mass is 16.1. The highest BCUT2D eigenvalue weighted by Crippen LogP contribution is 2.12. The van der Waals surface area contributed by atoms with Crippen LogP contribution in [0.2, 0.25) is 0 Å². The fourth-order valence-corrected chi connectivity index (χ4v) is 2.33. The Morgan fingerprint density at radius 3 is 2.35 bits per heavy atom. The van der Waals surface area contributed by atoms with Crippen LogP contribution in [-0.2, 0) is 0 Å². The third kappa shape index (κ3) is 2.66. The molecule has 0 aromatic carbocycles. The van der Waals surface area contributed by atoms with Crippen molar-refractivity contribution in [3.8, 4) is 0 Å². The quantitative estimate of drug-likeness (QED) is 0.839. The molecule has 2 heterocycles. The third-order valence-corrected chi connectivity index (χ3v) is 3.49. The molecule has 20 heavy (non-hydrogen) atoms. The van der Waals surface area contributed by atoms with E-state index < -0.39 is 0 Å². The van der Waals surface area contributed by atoms with Crippen LogP contribution < -0.4 is 10.6 Å². The van der Waals surface area contributed by atoms with E-state index in [1.165, 1.54) is 0 Å². The number of anilines is 1. The highest BCUT2D eigenvalue weighted by Gasteiger charge is 2.12. The second-order valence-electron chi connectivity index (χ2n) is 5.09. The minimum atomic E-state index is -0.247. The lowest BCUT2D eigenvalue weighted by Gasteiger charge is -2.21. The van der Waals surface area contributed by atoms with Crippen molar-refractivity contribution in [2.45, 2.75) is 40.5 Å². The maximum atomic E-state index is 12.3. The number of rotatable bonds is 5. The van der Waals surface area contributed by atoms with E-state index >= 15 is 0 Å². The van der Waals surface area contributed by atoms with Gasteiger partial charge in [-0.15, -0.1) is 0 Å². The molecule has 0 spiro atoms. The van der Waals surface area contributed by atoms with Crippen molar-refractivity contribution < 1.29 is 0 Å². The molecule has 2 aromatic rings. The molecule has 2 rings (SSSR count). The summed E-state index contributed by atoms with van der Waals surface area (Å²) >= 11 is 0. The molecule has 0 aliphatic carbocycles. The van der Waals surface area contributed by atoms with E-state index in [1.54, 1.807) is 4.40 Å². The van der Waals surface area contributed by atoms with E-state index in [-0.39, 0.29) is 5.69 Å². The molecule has 0 aliphatic rings. The van der Waals surface area contributed by atoms with Crippen LogP contribution in [0, 0.1) is 13.8 Å². The summed E-state index contributed by atoms with van der Waals surface area (Å²) in [6.07, 6.45) is 2.02. The Balaban J connectivity index is 2.58. The van der Waals surface area contributed by atoms with Crippen molar-refractivity contribution >= 4 is 11.6 Å². The molecule has 0 atom stereocenters. The maximum absolute atomic E-state index is 12.3. The number of aromatic nitrogens is 3. The van der Waals surface area contributed by atoms with Gasteiger partial charge < -0.3 is 4.90 Å². The first-order chi connectivity index (χ1) is 9.58. The normalized spacial score (nSPS) is 11.0. The molecule has 0 N–H and O–H groups in total. The first-order valence-corrected chi connectivity index (χ1v) is 7.20. The fraction of sp³-hybridized carbons (Fsp3) is 0.533. The van der Waals surface area contributed by atoms with E-state index in [4.69, 9.17) is 0 Å². The van der Waals surface area contributed by atoms with Gasteiger partial charge in [0, 0.05) is 18.8 Å². The van der Waals surface area contributed by atoms with Crippen LogP contribution in [0.25, 0.3) is 5.65 Å². The molecule has 0 amide bonds. The number of aryl methyl sites for hydroxylation is 2. The maximum Gasteiger partial charge on any atom is 0.356 e. The molecule has 108 valence electrons. The van der Waals surface area contributed by atoms with Crippen LogP contribution in [0.4, 0.5) is 5.95 Å². The zero-order valence-electron chi connectivity index (χ0n) is 12.7. The predicted molar refractivity (Wildman–Crippen MR) is 81.5 cm³/mol. The van der Waals surface area contributed by atoms with Crippen molar-refractivity contribution in [2.75, 3.05) is 18.0 Å². The van der Waals surface area contributed by atoms with Gasteiger partial charge in [-0.1, -0.05) is 19.9 Å². The van der Waals surface area contributed by atoms with Gasteiger partial charge in [0.15, 0.2) is 0 Å². The monoisotopic (exact) mass is 274 g/mol. The smallest absolute Gasteiger partial charge is 0.341 e. The number of fused-ring (bicyclic) bond motifs is 1. The van der Waals surface area contributed by atoms with E-state index in [0.29, 0.717) is 11.6 Å². The van der Waals surface area contributed by atoms with Crippen molar-refractivity contribution in [1.29, 1.82) is 0 Å². The molecule has 0 fully saturated rings. The Morgan fingerprint density at radius 2 is 1.75 bits per heavy atom. The number of hydrogen-bond acceptors (Lipinski definition) is 4. The van der Waals surface area contributed by atoms with Gasteiger partial charge in [-0.05, 0) is 38.3 Å². The molecule has 5 heteroatoms. The first kappa shape index (κ1) is 14.5. The lowest BCUT2D eigenvalue weighted by Crippen LogP contribution is -2.31. The Kier molecular flexibility index (Phi) is 4.37. The summed E-state index contributed by atoms with van der Waals surface area (Å²) in [5.41, 5.74) is 2.38. The van der Waals surface area contributed by atoms with E-state index in [2.05, 4.69) is 28.7 Å². The van der Waals surface area contributed by atoms with Crippen LogP contribution >= 0.6 is 0 Å². The fourth-order valence-electron chi connectivity index (χ4n) is 2.33. The SMILES string of the molecule is CCCN(CCC)c1nc(=O)n2c(C)c(C)ccc2n1. The summed E-state index contributed by atoms with van der Waals surface area (Å²) in [4.78, 5) is 23.1. The Morgan fingerprint density at radius 1 is 1.10 bits per heavy atom. The van der Waals surface area contributed by atoms with Gasteiger partial charge >= 0.3 is 5.69 Å². The van der Waals surface area contributed by atoms with Crippen LogP contribution in [0.15, 0.2) is 16.9 Å². The van der Waals surface area contributed by atoms with Crippen molar-refractivity contribution in [1.82, 2.24) is 14.4 Å². The molecular formula is C15H22N4O. The number of nitrogens with zero attached hydrogens (tertiary/aromatic N) is 4. The second kappa shape index (κ2) is 6.03. The predicted octanol–water partition coefficient (Wildman–Crippen LogP) is 2.33. The molecule has 0 radical (unpaired) electrons. The Hall–Kier alpha value is -1.91. The number of hydrogen-bond donors (Lipinski definition) is 0. The molecule has 0 saturated carbocycles. The Labute approximate surface area is 119 Å². The molecule has 5 nitrogen and oxygen atoms in total. The lowest BCUT2D eigenvalue weighted by atomic mass is 10.2. The second-order valence-corrected chi connectivity index (χ2v) is 5.09. The third-order valence-electron chi connectivity index (χ3n) is 3.49. The summed E-state index contributed by atoms with van der Waals surface area (Å²) in [5.74, 6) is 0.543. The van der Waals surface area contributed by atoms with Crippen LogP contribution in [0.3, 0.4) is 0 Å². The minimum absolute atomic E-state index is 0.247. The van der Waals surface area contributed by atoms with E-state index in [1.807, 2.05) is 26.0 Å². The van der Waals surface area contributed by atoms with Crippen LogP contribution in [-0.4, -0.2) is 27.5 Å². The number of pyridine rings is 1. The largest absolute Gasteiger partial charge is 0.356 e. The highest BCUT2D eigenvalue weighted by molar-refractivity contribution is 5.46. The van der Waals surface area contributed by atoms with Crippen LogP contribution in [0.5, 0.6) is 0 Å². The molecule has 0 aliphatic heterocycles. The van der Waals surface area contributed by atoms with Crippen molar-refractivity contribution in [2.24, 2.45) is 0 Å². The van der Waals surface area contributed by atoms with Gasteiger partial charge in [-0.3, -0.25) is 0 Å². The van der Waals surface area contributed by atoms with Gasteiger partial charge in [-0.25, -0.2) is 9.20 Å². The van der Waals surface area contributed by atoms with Gasteiger partial charge in [0.2, 0.25) is 5.95 Å². The van der Waals surface area contributed by atoms with Gasteiger partial charge in [0.05, 0.1) is 0 Å². The standard InChI is InChI=1S/C15H22N4O/c1-5-9-18(10-6-2)14-16-13-8-7-11(3)12(4)19(13)15(20)17-14/h7-8H,5-6,9-10H2,1-4H3. The van der Waals surface area contributed by atoms with E-state index in [9.17, 15) is 4.79 Å². The summed E-state index contributed by atoms with van der Waals surface area (Å²) in [5, 5.41) is 0. The average molecular weight is 274 g/mol. The van der Waals surface area contributed by atoms with Gasteiger partial charge in [0.25, 0.3) is 0 Å². The molecular weight excluding hydrogens is 252 g/mol. The zero-order chi connectivity index (χ0) is 14.7. The van der Waals surface area contributed by atoms with Gasteiger partial charge in [-0.2, -0.15) is 9.97 Å². The summed E-state index contributed by atoms with van der Waals surface area (Å²) < 4.78 is 1.58. The Bertz CT molecular complexity index is 657. The summed E-state index contributed by atoms with van der Waals surface area (Å²) in [6, 6.07) is 3.87. The van der Waals surface area contributed by atoms with Gasteiger partial charge in [0.1, 0.15) is 5.65 Å². The molecule has 0 unspecified atom stereocenters. The van der Waals surface area contributed by atoms with Crippen molar-refractivity contribution in [3.63, 3.8) is 0 Å². The topological polar surface area (TPSA) is 50.5 Å². The average Bonchev–Trinajstić information content (AvgIpc) is 2.42. The molecule has 2 aromatic heterocycles. The van der Waals surface area contributed by atoms with E-state index in [0.717, 1.165) is 37.2 Å². The minimum Gasteiger partial charge on any atom is -0.341 e. The summed E-state index contributed by atoms with van der Waals surface area (Å²) in [7, 11) is 0. The van der Waals surface area contributed by atoms with Crippen molar-refractivity contribution in [3.05, 3.63) is 33.9 Å². The lowest BCUT2D eigenvalue weighted by molar-refractivity contribution is 0.712. The summed E-state index contributed by atoms with van der Waals surface area (Å²) in [6.45, 7) is 9.87. The molecule has 0 bridgehead atoms. The molecule has 0 saturated heterocycles. The zero-order valence-corrected chi connectivity index (χ0v) is 12.7. The van der Waals surface area contributed by atoms with Crippen LogP contribution in [0.1, 0.15) is 37.9 Å².